The Morgan fingerprint density at radius 2 is 1.87 bits per heavy atom. The fourth-order valence-corrected chi connectivity index (χ4v) is 6.25. The second kappa shape index (κ2) is 13.7. The lowest BCUT2D eigenvalue weighted by atomic mass is 9.93. The molecule has 1 aliphatic rings. The zero-order valence-corrected chi connectivity index (χ0v) is 29.3. The number of nitrogen functional groups attached to an aromatic ring is 1. The number of carbonyl (C=O) groups is 2. The van der Waals surface area contributed by atoms with E-state index in [1.54, 1.807) is 72.1 Å². The second-order valence-corrected chi connectivity index (χ2v) is 14.6. The van der Waals surface area contributed by atoms with E-state index < -0.39 is 35.2 Å². The highest BCUT2D eigenvalue weighted by atomic mass is 35.5. The molecule has 1 aromatic heterocycles. The molecule has 46 heavy (non-hydrogen) atoms. The van der Waals surface area contributed by atoms with Gasteiger partial charge < -0.3 is 20.1 Å². The fraction of sp³-hybridized carbons (Fsp3) is 0.455. The molecule has 2 heterocycles. The molecule has 1 aliphatic heterocycles. The lowest BCUT2D eigenvalue weighted by Gasteiger charge is -2.34. The highest BCUT2D eigenvalue weighted by Crippen LogP contribution is 2.45. The van der Waals surface area contributed by atoms with Gasteiger partial charge in [-0.1, -0.05) is 35.3 Å². The molecular weight excluding hydrogens is 652 g/mol. The number of carbonyl (C=O) groups excluding carboxylic acids is 2. The Bertz CT molecular complexity index is 1720. The van der Waals surface area contributed by atoms with Crippen LogP contribution in [0.4, 0.5) is 25.4 Å². The normalized spacial score (nSPS) is 15.2. The van der Waals surface area contributed by atoms with Crippen molar-refractivity contribution < 1.29 is 23.5 Å². The number of pyridine rings is 1. The number of aryl methyl sites for hydroxylation is 1. The smallest absolute Gasteiger partial charge is 0.415 e. The Kier molecular flexibility index (Phi) is 10.6. The number of hydrogen-bond donors (Lipinski definition) is 1. The first-order valence-corrected chi connectivity index (χ1v) is 16.8. The lowest BCUT2D eigenvalue weighted by Crippen LogP contribution is -2.46. The Morgan fingerprint density at radius 3 is 2.48 bits per heavy atom. The number of rotatable bonds is 6. The number of halogens is 3. The maximum Gasteiger partial charge on any atom is 0.415 e. The Morgan fingerprint density at radius 1 is 1.20 bits per heavy atom. The molecule has 2 amide bonds. The minimum absolute atomic E-state index is 0.0455. The molecule has 246 valence electrons. The highest BCUT2D eigenvalue weighted by molar-refractivity contribution is 7.98. The van der Waals surface area contributed by atoms with Crippen LogP contribution in [0.25, 0.3) is 22.0 Å². The third-order valence-corrected chi connectivity index (χ3v) is 8.72. The van der Waals surface area contributed by atoms with Crippen molar-refractivity contribution >= 4 is 69.4 Å². The van der Waals surface area contributed by atoms with E-state index in [0.29, 0.717) is 29.1 Å². The fourth-order valence-electron chi connectivity index (χ4n) is 5.36. The van der Waals surface area contributed by atoms with Crippen LogP contribution in [0.15, 0.2) is 29.3 Å². The van der Waals surface area contributed by atoms with Gasteiger partial charge in [0, 0.05) is 36.0 Å². The maximum absolute atomic E-state index is 16.9. The minimum Gasteiger partial charge on any atom is -0.444 e. The minimum atomic E-state index is -0.877. The van der Waals surface area contributed by atoms with E-state index in [1.165, 1.54) is 21.6 Å². The maximum atomic E-state index is 16.9. The van der Waals surface area contributed by atoms with Crippen molar-refractivity contribution in [2.24, 2.45) is 0 Å². The molecule has 0 saturated carbocycles. The number of nitrogens with two attached hydrogens (primary N) is 1. The molecule has 1 atom stereocenters. The molecule has 1 saturated heterocycles. The van der Waals surface area contributed by atoms with E-state index >= 15 is 4.39 Å². The predicted molar refractivity (Wildman–Crippen MR) is 182 cm³/mol. The van der Waals surface area contributed by atoms with Crippen LogP contribution in [0.3, 0.4) is 0 Å². The molecule has 0 aliphatic carbocycles. The van der Waals surface area contributed by atoms with Crippen molar-refractivity contribution in [2.45, 2.75) is 83.1 Å². The van der Waals surface area contributed by atoms with Crippen LogP contribution >= 0.6 is 35.0 Å². The van der Waals surface area contributed by atoms with Crippen molar-refractivity contribution in [3.05, 3.63) is 45.7 Å². The first-order valence-electron chi connectivity index (χ1n) is 14.8. The molecule has 0 spiro atoms. The summed E-state index contributed by atoms with van der Waals surface area (Å²) in [4.78, 5) is 34.6. The Labute approximate surface area is 283 Å². The van der Waals surface area contributed by atoms with Gasteiger partial charge in [-0.25, -0.2) is 19.0 Å². The number of hydrogen-bond acceptors (Lipinski definition) is 8. The standard InChI is InChI=1S/C33H38Cl2FN5O4S/c1-32(2,3)44-30(42)40-15-13-19(17-40)41(31(43)45-33(4,5)6)28-21-16-18(10-9-14-37)23(20-11-8-12-22(34)24(20)35)25(36)27(21)39-29(46-7)26(28)38/h8,11-12,16,19H,9-10,13,15,17,38H2,1-7H3. The van der Waals surface area contributed by atoms with Gasteiger partial charge in [-0.2, -0.15) is 5.26 Å². The van der Waals surface area contributed by atoms with Crippen LogP contribution in [-0.4, -0.2) is 58.7 Å². The Balaban J connectivity index is 2.01. The summed E-state index contributed by atoms with van der Waals surface area (Å²) in [6.45, 7) is 11.0. The number of nitriles is 1. The second-order valence-electron chi connectivity index (χ2n) is 13.0. The number of thioether (sulfide) groups is 1. The number of amides is 2. The molecule has 0 bridgehead atoms. The molecule has 4 rings (SSSR count). The van der Waals surface area contributed by atoms with Gasteiger partial charge in [0.25, 0.3) is 0 Å². The van der Waals surface area contributed by atoms with Gasteiger partial charge in [-0.15, -0.1) is 11.8 Å². The summed E-state index contributed by atoms with van der Waals surface area (Å²) in [5.74, 6) is -0.697. The first-order chi connectivity index (χ1) is 21.5. The van der Waals surface area contributed by atoms with Gasteiger partial charge in [-0.3, -0.25) is 4.90 Å². The monoisotopic (exact) mass is 689 g/mol. The third kappa shape index (κ3) is 7.56. The summed E-state index contributed by atoms with van der Waals surface area (Å²) in [7, 11) is 0. The topological polar surface area (TPSA) is 122 Å². The van der Waals surface area contributed by atoms with E-state index in [1.807, 2.05) is 0 Å². The van der Waals surface area contributed by atoms with Crippen molar-refractivity contribution in [1.82, 2.24) is 9.88 Å². The van der Waals surface area contributed by atoms with Gasteiger partial charge in [0.2, 0.25) is 0 Å². The molecule has 2 aromatic carbocycles. The average Bonchev–Trinajstić information content (AvgIpc) is 3.43. The van der Waals surface area contributed by atoms with Crippen LogP contribution < -0.4 is 10.6 Å². The van der Waals surface area contributed by atoms with Crippen LogP contribution in [0.1, 0.15) is 59.9 Å². The zero-order valence-electron chi connectivity index (χ0n) is 27.0. The summed E-state index contributed by atoms with van der Waals surface area (Å²) < 4.78 is 28.4. The molecule has 2 N–H and O–H groups in total. The summed E-state index contributed by atoms with van der Waals surface area (Å²) in [6, 6.07) is 8.15. The number of benzene rings is 2. The molecular formula is C33H38Cl2FN5O4S. The number of aromatic nitrogens is 1. The number of ether oxygens (including phenoxy) is 2. The molecule has 1 unspecified atom stereocenters. The third-order valence-electron chi connectivity index (χ3n) is 7.21. The Hall–Kier alpha value is -3.46. The summed E-state index contributed by atoms with van der Waals surface area (Å²) in [5, 5.41) is 10.4. The average molecular weight is 691 g/mol. The number of likely N-dealkylation sites (tertiary alicyclic amines) is 1. The van der Waals surface area contributed by atoms with E-state index in [4.69, 9.17) is 38.4 Å². The predicted octanol–water partition coefficient (Wildman–Crippen LogP) is 8.86. The quantitative estimate of drug-likeness (QED) is 0.255. The molecule has 0 radical (unpaired) electrons. The van der Waals surface area contributed by atoms with Crippen LogP contribution in [-0.2, 0) is 15.9 Å². The van der Waals surface area contributed by atoms with Crippen LogP contribution in [0, 0.1) is 17.1 Å². The number of fused-ring (bicyclic) bond motifs is 1. The van der Waals surface area contributed by atoms with Gasteiger partial charge in [0.1, 0.15) is 21.7 Å². The van der Waals surface area contributed by atoms with E-state index in [2.05, 4.69) is 11.1 Å². The number of anilines is 2. The largest absolute Gasteiger partial charge is 0.444 e. The molecule has 9 nitrogen and oxygen atoms in total. The van der Waals surface area contributed by atoms with Crippen molar-refractivity contribution in [3.8, 4) is 17.2 Å². The molecule has 3 aromatic rings. The van der Waals surface area contributed by atoms with Crippen molar-refractivity contribution in [3.63, 3.8) is 0 Å². The molecule has 13 heteroatoms. The van der Waals surface area contributed by atoms with Gasteiger partial charge >= 0.3 is 12.2 Å². The van der Waals surface area contributed by atoms with Gasteiger partial charge in [-0.05, 0) is 78.3 Å². The summed E-state index contributed by atoms with van der Waals surface area (Å²) in [5.41, 5.74) is 6.45. The summed E-state index contributed by atoms with van der Waals surface area (Å²) in [6.07, 6.45) is 1.17. The molecule has 1 fully saturated rings. The van der Waals surface area contributed by atoms with E-state index in [0.717, 1.165) is 0 Å². The highest BCUT2D eigenvalue weighted by Gasteiger charge is 2.40. The zero-order chi connectivity index (χ0) is 34.1. The SMILES string of the molecule is CSc1nc2c(F)c(-c3cccc(Cl)c3Cl)c(CCC#N)cc2c(N(C(=O)OC(C)(C)C)C2CCN(C(=O)OC(C)(C)C)C2)c1N. The van der Waals surface area contributed by atoms with Gasteiger partial charge in [0.05, 0.1) is 33.5 Å². The van der Waals surface area contributed by atoms with Crippen molar-refractivity contribution in [2.75, 3.05) is 30.0 Å². The van der Waals surface area contributed by atoms with E-state index in [9.17, 15) is 14.9 Å². The summed E-state index contributed by atoms with van der Waals surface area (Å²) >= 11 is 14.1. The lowest BCUT2D eigenvalue weighted by molar-refractivity contribution is 0.0287. The van der Waals surface area contributed by atoms with Crippen molar-refractivity contribution in [1.29, 1.82) is 5.26 Å². The van der Waals surface area contributed by atoms with E-state index in [-0.39, 0.29) is 57.3 Å². The van der Waals surface area contributed by atoms with Crippen LogP contribution in [0.2, 0.25) is 10.0 Å². The number of nitrogens with zero attached hydrogens (tertiary/aromatic N) is 4. The van der Waals surface area contributed by atoms with Gasteiger partial charge in [0.15, 0.2) is 5.82 Å². The van der Waals surface area contributed by atoms with Crippen LogP contribution in [0.5, 0.6) is 0 Å². The first kappa shape index (κ1) is 35.4.